The van der Waals surface area contributed by atoms with Crippen LogP contribution in [0.3, 0.4) is 0 Å². The molecule has 0 aromatic heterocycles. The number of hydrogen-bond acceptors (Lipinski definition) is 3. The van der Waals surface area contributed by atoms with Gasteiger partial charge in [0.25, 0.3) is 0 Å². The van der Waals surface area contributed by atoms with Crippen LogP contribution in [0, 0.1) is 0 Å². The van der Waals surface area contributed by atoms with Crippen LogP contribution in [-0.2, 0) is 0 Å². The van der Waals surface area contributed by atoms with Gasteiger partial charge in [-0.2, -0.15) is 0 Å². The summed E-state index contributed by atoms with van der Waals surface area (Å²) in [6, 6.07) is 10.5. The first-order valence-corrected chi connectivity index (χ1v) is 12.0. The second kappa shape index (κ2) is 7.53. The molecule has 0 radical (unpaired) electrons. The Morgan fingerprint density at radius 2 is 1.95 bits per heavy atom. The minimum Gasteiger partial charge on any atom is -0.446 e. The van der Waals surface area contributed by atoms with Gasteiger partial charge in [-0.1, -0.05) is 50.8 Å². The molecule has 0 amide bonds. The van der Waals surface area contributed by atoms with Gasteiger partial charge in [0, 0.05) is 11.6 Å². The van der Waals surface area contributed by atoms with Crippen molar-refractivity contribution in [2.24, 2.45) is 0 Å². The normalized spacial score (nSPS) is 19.0. The Kier molecular flexibility index (Phi) is 5.95. The second-order valence-electron chi connectivity index (χ2n) is 6.82. The van der Waals surface area contributed by atoms with E-state index < -0.39 is 8.24 Å². The second-order valence-corrected chi connectivity index (χ2v) is 12.1. The molecule has 0 saturated heterocycles. The number of ether oxygens (including phenoxy) is 1. The summed E-state index contributed by atoms with van der Waals surface area (Å²) in [5, 5.41) is 0.640. The van der Waals surface area contributed by atoms with E-state index in [1.165, 1.54) is 12.0 Å². The zero-order chi connectivity index (χ0) is 16.2. The van der Waals surface area contributed by atoms with E-state index in [2.05, 4.69) is 37.2 Å². The van der Waals surface area contributed by atoms with E-state index in [0.717, 1.165) is 25.1 Å². The molecule has 1 unspecified atom stereocenters. The molecule has 4 heteroatoms. The van der Waals surface area contributed by atoms with Crippen LogP contribution < -0.4 is 4.74 Å². The lowest BCUT2D eigenvalue weighted by Gasteiger charge is -2.41. The molecule has 0 spiro atoms. The molecule has 2 rings (SSSR count). The van der Waals surface area contributed by atoms with E-state index in [4.69, 9.17) is 17.0 Å². The Bertz CT molecular complexity index is 536. The first-order chi connectivity index (χ1) is 10.4. The highest BCUT2D eigenvalue weighted by molar-refractivity contribution is 7.80. The zero-order valence-electron chi connectivity index (χ0n) is 14.1. The van der Waals surface area contributed by atoms with E-state index in [0.29, 0.717) is 11.1 Å². The van der Waals surface area contributed by atoms with E-state index in [1.54, 1.807) is 0 Å². The minimum atomic E-state index is -1.24. The van der Waals surface area contributed by atoms with E-state index in [1.807, 2.05) is 30.3 Å². The van der Waals surface area contributed by atoms with Crippen molar-refractivity contribution in [2.75, 3.05) is 6.54 Å². The van der Waals surface area contributed by atoms with Crippen LogP contribution in [0.1, 0.15) is 26.2 Å². The summed E-state index contributed by atoms with van der Waals surface area (Å²) < 4.78 is 8.52. The van der Waals surface area contributed by atoms with Crippen LogP contribution in [-0.4, -0.2) is 30.4 Å². The smallest absolute Gasteiger partial charge is 0.193 e. The molecule has 2 nitrogen and oxygen atoms in total. The van der Waals surface area contributed by atoms with Crippen LogP contribution in [0.15, 0.2) is 42.0 Å². The number of hydrogen-bond donors (Lipinski definition) is 0. The van der Waals surface area contributed by atoms with Crippen LogP contribution in [0.2, 0.25) is 19.6 Å². The lowest BCUT2D eigenvalue weighted by Crippen LogP contribution is -2.52. The molecule has 0 bridgehead atoms. The van der Waals surface area contributed by atoms with Gasteiger partial charge in [-0.25, -0.2) is 0 Å². The molecule has 0 saturated carbocycles. The van der Waals surface area contributed by atoms with E-state index in [-0.39, 0.29) is 0 Å². The monoisotopic (exact) mass is 333 g/mol. The summed E-state index contributed by atoms with van der Waals surface area (Å²) in [6.45, 7) is 10.7. The average molecular weight is 334 g/mol. The van der Waals surface area contributed by atoms with Crippen LogP contribution >= 0.6 is 12.2 Å². The molecule has 1 aromatic carbocycles. The van der Waals surface area contributed by atoms with Crippen molar-refractivity contribution in [1.82, 2.24) is 4.57 Å². The highest BCUT2D eigenvalue weighted by Gasteiger charge is 2.30. The number of thiocarbonyl (C=S) groups is 1. The lowest BCUT2D eigenvalue weighted by molar-refractivity contribution is 0.305. The fourth-order valence-corrected chi connectivity index (χ4v) is 5.79. The predicted octanol–water partition coefficient (Wildman–Crippen LogP) is 5.03. The van der Waals surface area contributed by atoms with Gasteiger partial charge in [0.1, 0.15) is 14.0 Å². The first kappa shape index (κ1) is 17.4. The van der Waals surface area contributed by atoms with Gasteiger partial charge in [-0.15, -0.1) is 0 Å². The van der Waals surface area contributed by atoms with Gasteiger partial charge in [0.05, 0.1) is 0 Å². The van der Waals surface area contributed by atoms with Crippen LogP contribution in [0.25, 0.3) is 0 Å². The summed E-state index contributed by atoms with van der Waals surface area (Å²) in [5.41, 5.74) is 1.20. The molecular formula is C18H27NOSSi. The first-order valence-electron chi connectivity index (χ1n) is 8.15. The van der Waals surface area contributed by atoms with Gasteiger partial charge < -0.3 is 9.30 Å². The van der Waals surface area contributed by atoms with Gasteiger partial charge in [-0.05, 0) is 50.2 Å². The fourth-order valence-electron chi connectivity index (χ4n) is 3.23. The average Bonchev–Trinajstić information content (AvgIpc) is 2.48. The molecule has 120 valence electrons. The largest absolute Gasteiger partial charge is 0.446 e. The number of benzene rings is 1. The summed E-state index contributed by atoms with van der Waals surface area (Å²) in [7, 11) is -1.24. The summed E-state index contributed by atoms with van der Waals surface area (Å²) in [5.74, 6) is 0.827. The molecule has 1 aliphatic rings. The van der Waals surface area contributed by atoms with Crippen molar-refractivity contribution in [1.29, 1.82) is 0 Å². The third-order valence-corrected chi connectivity index (χ3v) is 6.99. The Labute approximate surface area is 141 Å². The molecule has 0 N–H and O–H groups in total. The van der Waals surface area contributed by atoms with Crippen molar-refractivity contribution in [3.8, 4) is 5.75 Å². The van der Waals surface area contributed by atoms with Gasteiger partial charge in [-0.3, -0.25) is 0 Å². The van der Waals surface area contributed by atoms with Crippen molar-refractivity contribution >= 4 is 25.5 Å². The maximum Gasteiger partial charge on any atom is 0.193 e. The SMILES string of the molecule is CCN(C1CC=C(C(=S)Oc2ccccc2)CC1)[Si](C)(C)C. The Balaban J connectivity index is 1.98. The van der Waals surface area contributed by atoms with Gasteiger partial charge in [0.2, 0.25) is 0 Å². The van der Waals surface area contributed by atoms with Crippen molar-refractivity contribution in [3.63, 3.8) is 0 Å². The molecule has 22 heavy (non-hydrogen) atoms. The zero-order valence-corrected chi connectivity index (χ0v) is 16.0. The molecular weight excluding hydrogens is 306 g/mol. The van der Waals surface area contributed by atoms with E-state index >= 15 is 0 Å². The molecule has 1 aliphatic carbocycles. The van der Waals surface area contributed by atoms with Crippen LogP contribution in [0.5, 0.6) is 5.75 Å². The number of nitrogens with zero attached hydrogens (tertiary/aromatic N) is 1. The topological polar surface area (TPSA) is 12.5 Å². The minimum absolute atomic E-state index is 0.640. The summed E-state index contributed by atoms with van der Waals surface area (Å²) >= 11 is 5.47. The highest BCUT2D eigenvalue weighted by atomic mass is 32.1. The molecule has 0 fully saturated rings. The highest BCUT2D eigenvalue weighted by Crippen LogP contribution is 2.27. The Morgan fingerprint density at radius 3 is 2.45 bits per heavy atom. The van der Waals surface area contributed by atoms with Crippen molar-refractivity contribution in [2.45, 2.75) is 51.9 Å². The number of rotatable bonds is 5. The van der Waals surface area contributed by atoms with Crippen LogP contribution in [0.4, 0.5) is 0 Å². The molecule has 1 atom stereocenters. The third kappa shape index (κ3) is 4.51. The Hall–Kier alpha value is -0.973. The van der Waals surface area contributed by atoms with Gasteiger partial charge in [0.15, 0.2) is 5.05 Å². The van der Waals surface area contributed by atoms with Gasteiger partial charge >= 0.3 is 0 Å². The fraction of sp³-hybridized carbons (Fsp3) is 0.500. The maximum absolute atomic E-state index is 5.80. The molecule has 0 heterocycles. The maximum atomic E-state index is 5.80. The standard InChI is InChI=1S/C18H27NOSSi/c1-5-19(22(2,3)4)16-13-11-15(12-14-16)18(21)20-17-9-7-6-8-10-17/h6-11,16H,5,12-14H2,1-4H3. The molecule has 0 aliphatic heterocycles. The molecule has 1 aromatic rings. The lowest BCUT2D eigenvalue weighted by atomic mass is 9.95. The number of para-hydroxylation sites is 1. The van der Waals surface area contributed by atoms with Crippen molar-refractivity contribution in [3.05, 3.63) is 42.0 Å². The quantitative estimate of drug-likeness (QED) is 0.554. The van der Waals surface area contributed by atoms with Crippen molar-refractivity contribution < 1.29 is 4.74 Å². The van der Waals surface area contributed by atoms with E-state index in [9.17, 15) is 0 Å². The predicted molar refractivity (Wildman–Crippen MR) is 101 cm³/mol. The summed E-state index contributed by atoms with van der Waals surface area (Å²) in [6.07, 6.45) is 5.59. The summed E-state index contributed by atoms with van der Waals surface area (Å²) in [4.78, 5) is 0. The third-order valence-electron chi connectivity index (χ3n) is 4.24. The Morgan fingerprint density at radius 1 is 1.27 bits per heavy atom.